The van der Waals surface area contributed by atoms with E-state index in [0.717, 1.165) is 29.5 Å². The standard InChI is InChI=1S/C26H15Cl2F3N4O2S/c1-32-22-21(15-5-3-6-17(11-15)26(29,30)31)34-25(35-24(22)37)38-13-14-4-2-7-18(10-14)33-23(36)16-8-9-19(27)20(28)12-16/h2-12H,13H2,(H,33,36)(H,34,35,37). The molecule has 1 aromatic heterocycles. The highest BCUT2D eigenvalue weighted by atomic mass is 35.5. The van der Waals surface area contributed by atoms with Crippen molar-refractivity contribution in [1.82, 2.24) is 9.97 Å². The van der Waals surface area contributed by atoms with Crippen molar-refractivity contribution in [3.8, 4) is 11.3 Å². The Morgan fingerprint density at radius 3 is 2.53 bits per heavy atom. The van der Waals surface area contributed by atoms with E-state index in [1.165, 1.54) is 24.3 Å². The molecule has 0 aliphatic heterocycles. The number of nitrogens with one attached hydrogen (secondary N) is 2. The Hall–Kier alpha value is -3.78. The normalized spacial score (nSPS) is 11.2. The first-order chi connectivity index (χ1) is 18.0. The summed E-state index contributed by atoms with van der Waals surface area (Å²) >= 11 is 13.0. The van der Waals surface area contributed by atoms with E-state index in [-0.39, 0.29) is 27.3 Å². The lowest BCUT2D eigenvalue weighted by atomic mass is 10.1. The molecule has 0 aliphatic carbocycles. The highest BCUT2D eigenvalue weighted by Gasteiger charge is 2.31. The number of carbonyl (C=O) groups is 1. The maximum Gasteiger partial charge on any atom is 0.416 e. The van der Waals surface area contributed by atoms with Crippen LogP contribution < -0.4 is 10.9 Å². The van der Waals surface area contributed by atoms with Crippen LogP contribution in [-0.2, 0) is 11.9 Å². The van der Waals surface area contributed by atoms with Crippen molar-refractivity contribution >= 4 is 52.2 Å². The number of amides is 1. The number of rotatable bonds is 6. The number of thioether (sulfide) groups is 1. The number of hydrogen-bond acceptors (Lipinski definition) is 4. The van der Waals surface area contributed by atoms with E-state index in [4.69, 9.17) is 29.8 Å². The lowest BCUT2D eigenvalue weighted by molar-refractivity contribution is -0.137. The Morgan fingerprint density at radius 2 is 1.82 bits per heavy atom. The van der Waals surface area contributed by atoms with Gasteiger partial charge in [-0.1, -0.05) is 59.2 Å². The van der Waals surface area contributed by atoms with Crippen molar-refractivity contribution in [1.29, 1.82) is 0 Å². The van der Waals surface area contributed by atoms with Crippen molar-refractivity contribution in [2.24, 2.45) is 0 Å². The summed E-state index contributed by atoms with van der Waals surface area (Å²) in [6.45, 7) is 7.31. The summed E-state index contributed by atoms with van der Waals surface area (Å²) in [4.78, 5) is 35.0. The largest absolute Gasteiger partial charge is 0.416 e. The molecule has 0 spiro atoms. The Labute approximate surface area is 228 Å². The number of aromatic nitrogens is 2. The van der Waals surface area contributed by atoms with Gasteiger partial charge in [0.1, 0.15) is 0 Å². The summed E-state index contributed by atoms with van der Waals surface area (Å²) in [5, 5.41) is 3.47. The van der Waals surface area contributed by atoms with Crippen LogP contribution in [-0.4, -0.2) is 15.9 Å². The predicted octanol–water partition coefficient (Wildman–Crippen LogP) is 7.86. The van der Waals surface area contributed by atoms with E-state index in [1.807, 2.05) is 0 Å². The van der Waals surface area contributed by atoms with Gasteiger partial charge in [-0.15, -0.1) is 0 Å². The molecular formula is C26H15Cl2F3N4O2S. The van der Waals surface area contributed by atoms with Crippen LogP contribution in [0.3, 0.4) is 0 Å². The molecular weight excluding hydrogens is 560 g/mol. The van der Waals surface area contributed by atoms with Gasteiger partial charge in [-0.05, 0) is 53.6 Å². The van der Waals surface area contributed by atoms with Gasteiger partial charge in [0.15, 0.2) is 5.16 Å². The van der Waals surface area contributed by atoms with Gasteiger partial charge in [0.25, 0.3) is 17.2 Å². The molecule has 0 aliphatic rings. The third kappa shape index (κ3) is 6.37. The third-order valence-electron chi connectivity index (χ3n) is 5.19. The number of aromatic amines is 1. The minimum absolute atomic E-state index is 0.00536. The molecule has 6 nitrogen and oxygen atoms in total. The van der Waals surface area contributed by atoms with Crippen LogP contribution in [0.5, 0.6) is 0 Å². The molecule has 1 heterocycles. The van der Waals surface area contributed by atoms with Crippen molar-refractivity contribution in [2.75, 3.05) is 5.32 Å². The maximum atomic E-state index is 13.2. The first kappa shape index (κ1) is 27.3. The Bertz CT molecular complexity index is 1630. The fraction of sp³-hybridized carbons (Fsp3) is 0.0769. The first-order valence-electron chi connectivity index (χ1n) is 10.7. The molecule has 4 rings (SSSR count). The summed E-state index contributed by atoms with van der Waals surface area (Å²) in [7, 11) is 0. The zero-order valence-electron chi connectivity index (χ0n) is 19.1. The molecule has 0 fully saturated rings. The Kier molecular flexibility index (Phi) is 8.11. The molecule has 3 aromatic carbocycles. The molecule has 1 amide bonds. The van der Waals surface area contributed by atoms with Gasteiger partial charge in [-0.2, -0.15) is 13.2 Å². The predicted molar refractivity (Wildman–Crippen MR) is 142 cm³/mol. The van der Waals surface area contributed by atoms with Crippen molar-refractivity contribution < 1.29 is 18.0 Å². The van der Waals surface area contributed by atoms with E-state index < -0.39 is 23.0 Å². The van der Waals surface area contributed by atoms with Gasteiger partial charge in [0, 0.05) is 17.0 Å². The number of carbonyl (C=O) groups excluding carboxylic acids is 1. The first-order valence-corrected chi connectivity index (χ1v) is 12.5. The van der Waals surface area contributed by atoms with Crippen LogP contribution in [0.15, 0.2) is 76.7 Å². The molecule has 0 saturated carbocycles. The summed E-state index contributed by atoms with van der Waals surface area (Å²) in [6, 6.07) is 15.8. The maximum absolute atomic E-state index is 13.2. The second-order valence-corrected chi connectivity index (χ2v) is 9.61. The van der Waals surface area contributed by atoms with Gasteiger partial charge in [-0.25, -0.2) is 9.83 Å². The fourth-order valence-corrected chi connectivity index (χ4v) is 4.50. The van der Waals surface area contributed by atoms with Crippen LogP contribution in [0.2, 0.25) is 10.0 Å². The molecule has 38 heavy (non-hydrogen) atoms. The number of hydrogen-bond donors (Lipinski definition) is 2. The highest BCUT2D eigenvalue weighted by Crippen LogP contribution is 2.34. The van der Waals surface area contributed by atoms with E-state index in [2.05, 4.69) is 20.1 Å². The Morgan fingerprint density at radius 1 is 1.05 bits per heavy atom. The van der Waals surface area contributed by atoms with Crippen molar-refractivity contribution in [3.05, 3.63) is 115 Å². The van der Waals surface area contributed by atoms with Gasteiger partial charge >= 0.3 is 6.18 Å². The van der Waals surface area contributed by atoms with Crippen LogP contribution in [0.4, 0.5) is 24.5 Å². The minimum atomic E-state index is -4.59. The molecule has 0 saturated heterocycles. The number of nitrogens with zero attached hydrogens (tertiary/aromatic N) is 2. The van der Waals surface area contributed by atoms with E-state index in [1.54, 1.807) is 30.3 Å². The average molecular weight is 575 g/mol. The van der Waals surface area contributed by atoms with Crippen molar-refractivity contribution in [2.45, 2.75) is 17.1 Å². The van der Waals surface area contributed by atoms with Gasteiger partial charge in [-0.3, -0.25) is 9.59 Å². The fourth-order valence-electron chi connectivity index (χ4n) is 3.39. The van der Waals surface area contributed by atoms with E-state index >= 15 is 0 Å². The second kappa shape index (κ2) is 11.3. The van der Waals surface area contributed by atoms with Crippen LogP contribution in [0.1, 0.15) is 21.5 Å². The Balaban J connectivity index is 1.54. The highest BCUT2D eigenvalue weighted by molar-refractivity contribution is 7.98. The monoisotopic (exact) mass is 574 g/mol. The SMILES string of the molecule is [C-]#[N+]c1c(-c2cccc(C(F)(F)F)c2)nc(SCc2cccc(NC(=O)c3ccc(Cl)c(Cl)c3)c2)[nH]c1=O. The van der Waals surface area contributed by atoms with E-state index in [9.17, 15) is 22.8 Å². The summed E-state index contributed by atoms with van der Waals surface area (Å²) in [6.07, 6.45) is -4.59. The molecule has 12 heteroatoms. The van der Waals surface area contributed by atoms with Gasteiger partial charge in [0.2, 0.25) is 0 Å². The molecule has 2 N–H and O–H groups in total. The van der Waals surface area contributed by atoms with Gasteiger partial charge < -0.3 is 10.3 Å². The number of benzene rings is 3. The zero-order chi connectivity index (χ0) is 27.4. The lowest BCUT2D eigenvalue weighted by Crippen LogP contribution is -2.12. The third-order valence-corrected chi connectivity index (χ3v) is 6.87. The van der Waals surface area contributed by atoms with Crippen LogP contribution in [0.25, 0.3) is 16.1 Å². The zero-order valence-corrected chi connectivity index (χ0v) is 21.4. The van der Waals surface area contributed by atoms with Gasteiger partial charge in [0.05, 0.1) is 27.9 Å². The molecule has 4 aromatic rings. The van der Waals surface area contributed by atoms with Crippen LogP contribution >= 0.6 is 35.0 Å². The summed E-state index contributed by atoms with van der Waals surface area (Å²) in [5.74, 6) is -0.0847. The van der Waals surface area contributed by atoms with Crippen LogP contribution in [0, 0.1) is 6.57 Å². The number of halogens is 5. The lowest BCUT2D eigenvalue weighted by Gasteiger charge is -2.11. The molecule has 0 radical (unpaired) electrons. The molecule has 0 bridgehead atoms. The summed E-state index contributed by atoms with van der Waals surface area (Å²) < 4.78 is 39.6. The number of H-pyrrole nitrogens is 1. The van der Waals surface area contributed by atoms with Crippen molar-refractivity contribution in [3.63, 3.8) is 0 Å². The average Bonchev–Trinajstić information content (AvgIpc) is 2.88. The minimum Gasteiger partial charge on any atom is -0.322 e. The smallest absolute Gasteiger partial charge is 0.322 e. The topological polar surface area (TPSA) is 79.2 Å². The molecule has 0 atom stereocenters. The molecule has 192 valence electrons. The summed E-state index contributed by atoms with van der Waals surface area (Å²) in [5.41, 5.74) is -0.614. The number of anilines is 1. The molecule has 0 unspecified atom stereocenters. The van der Waals surface area contributed by atoms with E-state index in [0.29, 0.717) is 22.0 Å². The quantitative estimate of drug-likeness (QED) is 0.139. The number of alkyl halides is 3. The second-order valence-electron chi connectivity index (χ2n) is 7.83.